The molecule has 26 heavy (non-hydrogen) atoms. The highest BCUT2D eigenvalue weighted by atomic mass is 28.3. The Kier molecular flexibility index (Phi) is 2.68. The van der Waals surface area contributed by atoms with Crippen LogP contribution in [-0.2, 0) is 0 Å². The quantitative estimate of drug-likeness (QED) is 0.431. The first-order chi connectivity index (χ1) is 12.9. The Bertz CT molecular complexity index is 1170. The molecule has 0 N–H and O–H groups in total. The number of benzene rings is 3. The Morgan fingerprint density at radius 1 is 0.615 bits per heavy atom. The highest BCUT2D eigenvalue weighted by Crippen LogP contribution is 2.41. The monoisotopic (exact) mass is 344 g/mol. The molecule has 0 aromatic heterocycles. The maximum Gasteiger partial charge on any atom is 0.182 e. The third-order valence-corrected chi connectivity index (χ3v) is 10.9. The number of fused-ring (bicyclic) bond motifs is 9. The zero-order valence-corrected chi connectivity index (χ0v) is 15.2. The standard InChI is InChI=1S/C25H16Si/c1-2-10-18-19-11-4-7-15-23(19)26(22(18)14-3-1)24-16-8-5-12-20(24)21-13-6-9-17-25(21)26/h1,3-17H. The molecule has 3 aliphatic rings. The molecule has 0 saturated heterocycles. The van der Waals surface area contributed by atoms with Crippen molar-refractivity contribution in [2.24, 2.45) is 0 Å². The van der Waals surface area contributed by atoms with Gasteiger partial charge in [0, 0.05) is 0 Å². The van der Waals surface area contributed by atoms with Gasteiger partial charge in [-0.2, -0.15) is 0 Å². The Morgan fingerprint density at radius 2 is 1.15 bits per heavy atom. The second-order valence-electron chi connectivity index (χ2n) is 7.05. The van der Waals surface area contributed by atoms with Gasteiger partial charge in [0.15, 0.2) is 8.07 Å². The van der Waals surface area contributed by atoms with E-state index >= 15 is 0 Å². The smallest absolute Gasteiger partial charge is 0.120 e. The lowest BCUT2D eigenvalue weighted by Crippen LogP contribution is -2.64. The summed E-state index contributed by atoms with van der Waals surface area (Å²) in [7, 11) is -2.22. The molecule has 2 aliphatic heterocycles. The van der Waals surface area contributed by atoms with Crippen molar-refractivity contribution in [3.63, 3.8) is 0 Å². The van der Waals surface area contributed by atoms with Crippen LogP contribution in [0.25, 0.3) is 16.7 Å². The van der Waals surface area contributed by atoms with Crippen LogP contribution in [0.4, 0.5) is 0 Å². The molecule has 1 heteroatoms. The maximum absolute atomic E-state index is 3.34. The lowest BCUT2D eigenvalue weighted by Gasteiger charge is -2.28. The van der Waals surface area contributed by atoms with Crippen molar-refractivity contribution in [3.8, 4) is 11.1 Å². The van der Waals surface area contributed by atoms with Gasteiger partial charge in [0.2, 0.25) is 0 Å². The number of rotatable bonds is 0. The van der Waals surface area contributed by atoms with E-state index in [1.165, 1.54) is 43.0 Å². The topological polar surface area (TPSA) is 0 Å². The van der Waals surface area contributed by atoms with Gasteiger partial charge >= 0.3 is 0 Å². The summed E-state index contributed by atoms with van der Waals surface area (Å²) in [5.74, 6) is 0. The zero-order chi connectivity index (χ0) is 17.1. The van der Waals surface area contributed by atoms with Gasteiger partial charge in [0.25, 0.3) is 0 Å². The van der Waals surface area contributed by atoms with Crippen molar-refractivity contribution in [3.05, 3.63) is 114 Å². The molecule has 0 radical (unpaired) electrons. The molecule has 0 saturated carbocycles. The van der Waals surface area contributed by atoms with Crippen LogP contribution in [0.2, 0.25) is 0 Å². The first kappa shape index (κ1) is 14.1. The van der Waals surface area contributed by atoms with E-state index in [0.29, 0.717) is 0 Å². The van der Waals surface area contributed by atoms with Crippen molar-refractivity contribution < 1.29 is 0 Å². The summed E-state index contributed by atoms with van der Waals surface area (Å²) in [4.78, 5) is 0. The summed E-state index contributed by atoms with van der Waals surface area (Å²) in [6.45, 7) is 0. The molecule has 1 spiro atoms. The fourth-order valence-corrected chi connectivity index (χ4v) is 10.7. The predicted octanol–water partition coefficient (Wildman–Crippen LogP) is 3.72. The first-order valence-corrected chi connectivity index (χ1v) is 11.1. The summed E-state index contributed by atoms with van der Waals surface area (Å²) >= 11 is 0. The molecule has 0 fully saturated rings. The van der Waals surface area contributed by atoms with Gasteiger partial charge < -0.3 is 0 Å². The highest BCUT2D eigenvalue weighted by Gasteiger charge is 2.53. The molecular weight excluding hydrogens is 328 g/mol. The fraction of sp³-hybridized carbons (Fsp3) is 0. The second kappa shape index (κ2) is 4.95. The van der Waals surface area contributed by atoms with Crippen molar-refractivity contribution in [2.75, 3.05) is 0 Å². The van der Waals surface area contributed by atoms with E-state index in [0.717, 1.165) is 0 Å². The molecule has 0 unspecified atom stereocenters. The van der Waals surface area contributed by atoms with E-state index in [2.05, 4.69) is 96.8 Å². The van der Waals surface area contributed by atoms with Crippen LogP contribution in [0, 0.1) is 0 Å². The normalized spacial score (nSPS) is 17.1. The third-order valence-electron chi connectivity index (χ3n) is 5.95. The third kappa shape index (κ3) is 1.51. The number of allylic oxidation sites excluding steroid dienone is 5. The predicted molar refractivity (Wildman–Crippen MR) is 112 cm³/mol. The summed E-state index contributed by atoms with van der Waals surface area (Å²) in [5.41, 5.74) is 8.89. The Labute approximate surface area is 154 Å². The van der Waals surface area contributed by atoms with Crippen LogP contribution in [0.15, 0.2) is 108 Å². The van der Waals surface area contributed by atoms with Gasteiger partial charge in [-0.15, -0.1) is 5.73 Å². The van der Waals surface area contributed by atoms with Crippen molar-refractivity contribution in [1.29, 1.82) is 0 Å². The summed E-state index contributed by atoms with van der Waals surface area (Å²) in [5, 5.41) is 6.07. The highest BCUT2D eigenvalue weighted by molar-refractivity contribution is 7.20. The van der Waals surface area contributed by atoms with Crippen LogP contribution in [0.1, 0.15) is 5.56 Å². The lowest BCUT2D eigenvalue weighted by atomic mass is 10.1. The molecule has 0 nitrogen and oxygen atoms in total. The largest absolute Gasteiger partial charge is 0.182 e. The lowest BCUT2D eigenvalue weighted by molar-refractivity contribution is 1.69. The van der Waals surface area contributed by atoms with Gasteiger partial charge in [-0.3, -0.25) is 0 Å². The van der Waals surface area contributed by atoms with Crippen LogP contribution in [-0.4, -0.2) is 8.07 Å². The SMILES string of the molecule is C1=CC=CC2=C(C=1)c1ccccc1[Si]21c2ccccc2-c2ccccc21. The summed E-state index contributed by atoms with van der Waals surface area (Å²) in [6, 6.07) is 27.1. The zero-order valence-electron chi connectivity index (χ0n) is 14.2. The minimum absolute atomic E-state index is 1.35. The van der Waals surface area contributed by atoms with Crippen molar-refractivity contribution >= 4 is 29.2 Å². The van der Waals surface area contributed by atoms with E-state index in [1.54, 1.807) is 0 Å². The average Bonchev–Trinajstić information content (AvgIpc) is 3.00. The van der Waals surface area contributed by atoms with E-state index in [-0.39, 0.29) is 0 Å². The van der Waals surface area contributed by atoms with Crippen LogP contribution in [0.3, 0.4) is 0 Å². The van der Waals surface area contributed by atoms with Gasteiger partial charge in [0.05, 0.1) is 0 Å². The maximum atomic E-state index is 3.34. The second-order valence-corrected chi connectivity index (χ2v) is 10.7. The van der Waals surface area contributed by atoms with Crippen LogP contribution < -0.4 is 15.6 Å². The van der Waals surface area contributed by atoms with Crippen LogP contribution >= 0.6 is 0 Å². The molecule has 3 aromatic carbocycles. The molecule has 0 atom stereocenters. The molecule has 2 heterocycles. The number of hydrogen-bond acceptors (Lipinski definition) is 0. The Hall–Kier alpha value is -3.12. The van der Waals surface area contributed by atoms with E-state index in [1.807, 2.05) is 6.08 Å². The first-order valence-electron chi connectivity index (χ1n) is 9.05. The molecule has 0 bridgehead atoms. The number of hydrogen-bond donors (Lipinski definition) is 0. The Balaban J connectivity index is 1.86. The summed E-state index contributed by atoms with van der Waals surface area (Å²) < 4.78 is 0. The Morgan fingerprint density at radius 3 is 1.81 bits per heavy atom. The molecule has 0 amide bonds. The van der Waals surface area contributed by atoms with Gasteiger partial charge in [-0.25, -0.2) is 0 Å². The van der Waals surface area contributed by atoms with Gasteiger partial charge in [-0.05, 0) is 55.2 Å². The van der Waals surface area contributed by atoms with Crippen molar-refractivity contribution in [1.82, 2.24) is 0 Å². The van der Waals surface area contributed by atoms with E-state index in [4.69, 9.17) is 0 Å². The molecule has 120 valence electrons. The molecule has 3 aromatic rings. The fourth-order valence-electron chi connectivity index (χ4n) is 5.05. The average molecular weight is 344 g/mol. The summed E-state index contributed by atoms with van der Waals surface area (Å²) in [6.07, 6.45) is 8.70. The van der Waals surface area contributed by atoms with Gasteiger partial charge in [0.1, 0.15) is 0 Å². The molecule has 1 aliphatic carbocycles. The van der Waals surface area contributed by atoms with E-state index < -0.39 is 8.07 Å². The van der Waals surface area contributed by atoms with Crippen molar-refractivity contribution in [2.45, 2.75) is 0 Å². The van der Waals surface area contributed by atoms with Crippen LogP contribution in [0.5, 0.6) is 0 Å². The van der Waals surface area contributed by atoms with E-state index in [9.17, 15) is 0 Å². The molecule has 6 rings (SSSR count). The minimum Gasteiger partial charge on any atom is -0.120 e. The molecular formula is C25H16Si. The van der Waals surface area contributed by atoms with Gasteiger partial charge in [-0.1, -0.05) is 84.9 Å². The minimum atomic E-state index is -2.22.